The van der Waals surface area contributed by atoms with Crippen molar-refractivity contribution in [3.05, 3.63) is 103 Å². The van der Waals surface area contributed by atoms with Gasteiger partial charge in [-0.2, -0.15) is 0 Å². The van der Waals surface area contributed by atoms with Crippen LogP contribution in [0.4, 0.5) is 25.4 Å². The fraction of sp³-hybridized carbons (Fsp3) is 0.289. The van der Waals surface area contributed by atoms with Crippen molar-refractivity contribution in [3.63, 3.8) is 0 Å². The molecule has 0 unspecified atom stereocenters. The minimum Gasteiger partial charge on any atom is -0.453 e. The number of carbonyl (C=O) groups excluding carboxylic acids is 2. The van der Waals surface area contributed by atoms with Crippen LogP contribution in [0.25, 0.3) is 20.7 Å². The van der Waals surface area contributed by atoms with Crippen LogP contribution in [0.5, 0.6) is 11.5 Å². The third-order valence-corrected chi connectivity index (χ3v) is 10.4. The monoisotopic (exact) mass is 693 g/mol. The predicted molar refractivity (Wildman–Crippen MR) is 197 cm³/mol. The number of urea groups is 2. The number of rotatable bonds is 10. The molecule has 7 rings (SSSR count). The first kappa shape index (κ1) is 33.6. The lowest BCUT2D eigenvalue weighted by molar-refractivity contribution is 0.139. The largest absolute Gasteiger partial charge is 0.453 e. The molecule has 0 radical (unpaired) electrons. The van der Waals surface area contributed by atoms with E-state index >= 15 is 4.39 Å². The second-order valence-corrected chi connectivity index (χ2v) is 13.9. The minimum atomic E-state index is -0.646. The lowest BCUT2D eigenvalue weighted by Gasteiger charge is -2.33. The first-order chi connectivity index (χ1) is 24.3. The molecule has 0 bridgehead atoms. The number of ether oxygens (including phenoxy) is 1. The minimum absolute atomic E-state index is 0.0130. The normalized spacial score (nSPS) is 15.7. The van der Waals surface area contributed by atoms with E-state index in [4.69, 9.17) is 4.74 Å². The molecule has 12 heteroatoms. The number of aromatic nitrogens is 1. The topological polar surface area (TPSA) is 84.5 Å². The highest BCUT2D eigenvalue weighted by Gasteiger charge is 2.34. The van der Waals surface area contributed by atoms with Gasteiger partial charge in [0.2, 0.25) is 0 Å². The van der Waals surface area contributed by atoms with E-state index in [2.05, 4.69) is 63.4 Å². The Balaban J connectivity index is 0.968. The summed E-state index contributed by atoms with van der Waals surface area (Å²) in [6.45, 7) is 8.14. The van der Waals surface area contributed by atoms with Crippen molar-refractivity contribution in [2.24, 2.45) is 0 Å². The molecule has 2 aliphatic heterocycles. The third-order valence-electron chi connectivity index (χ3n) is 9.19. The maximum absolute atomic E-state index is 15.3. The van der Waals surface area contributed by atoms with Gasteiger partial charge in [-0.25, -0.2) is 18.9 Å². The van der Waals surface area contributed by atoms with Gasteiger partial charge in [-0.15, -0.1) is 11.3 Å². The third kappa shape index (κ3) is 7.63. The van der Waals surface area contributed by atoms with Crippen molar-refractivity contribution in [2.45, 2.75) is 6.54 Å². The highest BCUT2D eigenvalue weighted by Crippen LogP contribution is 2.40. The van der Waals surface area contributed by atoms with Crippen molar-refractivity contribution in [1.29, 1.82) is 0 Å². The van der Waals surface area contributed by atoms with Gasteiger partial charge >= 0.3 is 12.1 Å². The maximum Gasteiger partial charge on any atom is 0.332 e. The zero-order valence-electron chi connectivity index (χ0n) is 28.2. The molecule has 2 fully saturated rings. The number of hydrogen-bond donors (Lipinski definition) is 1. The Morgan fingerprint density at radius 2 is 1.72 bits per heavy atom. The van der Waals surface area contributed by atoms with Gasteiger partial charge in [0.1, 0.15) is 5.75 Å². The van der Waals surface area contributed by atoms with Crippen molar-refractivity contribution < 1.29 is 18.7 Å². The summed E-state index contributed by atoms with van der Waals surface area (Å²) in [6, 6.07) is 24.7. The fourth-order valence-corrected chi connectivity index (χ4v) is 7.30. The maximum atomic E-state index is 15.3. The smallest absolute Gasteiger partial charge is 0.332 e. The Labute approximate surface area is 295 Å². The number of hydrogen-bond acceptors (Lipinski definition) is 8. The van der Waals surface area contributed by atoms with Gasteiger partial charge in [0.25, 0.3) is 0 Å². The van der Waals surface area contributed by atoms with Gasteiger partial charge in [0.15, 0.2) is 11.6 Å². The molecule has 1 N–H and O–H groups in total. The van der Waals surface area contributed by atoms with Crippen molar-refractivity contribution in [1.82, 2.24) is 24.6 Å². The van der Waals surface area contributed by atoms with Crippen LogP contribution < -0.4 is 15.0 Å². The van der Waals surface area contributed by atoms with Gasteiger partial charge in [0, 0.05) is 86.9 Å². The molecule has 4 heterocycles. The Hall–Kier alpha value is -4.88. The van der Waals surface area contributed by atoms with Crippen LogP contribution in [0.15, 0.2) is 91.1 Å². The number of nitrogens with one attached hydrogen (secondary N) is 1. The number of piperazine rings is 1. The number of amides is 4. The van der Waals surface area contributed by atoms with Crippen LogP contribution in [-0.2, 0) is 6.54 Å². The number of thiophene rings is 1. The summed E-state index contributed by atoms with van der Waals surface area (Å²) in [5.74, 6) is -0.143. The molecule has 0 atom stereocenters. The standard InChI is InChI=1S/C38H40FN7O3S/c1-42-16-19-44(20-17-42)21-18-43(2)26-27-8-10-28(11-9-27)35-25-32-36(50-35)34(14-15-40-32)49-33-13-12-29(24-31(33)39)41-37(47)46-23-22-45(38(46)48)30-6-4-3-5-7-30/h3-15,24-25H,16-23,26H2,1-2H3,(H,41,47). The summed E-state index contributed by atoms with van der Waals surface area (Å²) in [4.78, 5) is 41.3. The molecule has 5 aromatic rings. The van der Waals surface area contributed by atoms with E-state index in [9.17, 15) is 9.59 Å². The molecule has 10 nitrogen and oxygen atoms in total. The second-order valence-electron chi connectivity index (χ2n) is 12.8. The highest BCUT2D eigenvalue weighted by molar-refractivity contribution is 7.22. The average Bonchev–Trinajstić information content (AvgIpc) is 3.74. The van der Waals surface area contributed by atoms with Gasteiger partial charge in [-0.05, 0) is 55.6 Å². The van der Waals surface area contributed by atoms with E-state index in [-0.39, 0.29) is 18.0 Å². The van der Waals surface area contributed by atoms with E-state index in [0.29, 0.717) is 18.0 Å². The van der Waals surface area contributed by atoms with Crippen LogP contribution in [0.1, 0.15) is 5.56 Å². The van der Waals surface area contributed by atoms with Crippen LogP contribution in [-0.4, -0.2) is 103 Å². The molecule has 2 aliphatic rings. The number of likely N-dealkylation sites (N-methyl/N-ethyl adjacent to an activating group) is 2. The first-order valence-corrected chi connectivity index (χ1v) is 17.6. The number of anilines is 2. The van der Waals surface area contributed by atoms with Crippen molar-refractivity contribution in [3.8, 4) is 21.9 Å². The molecular weight excluding hydrogens is 654 g/mol. The van der Waals surface area contributed by atoms with Gasteiger partial charge in [-0.3, -0.25) is 14.8 Å². The lowest BCUT2D eigenvalue weighted by Crippen LogP contribution is -2.46. The quantitative estimate of drug-likeness (QED) is 0.168. The van der Waals surface area contributed by atoms with Crippen LogP contribution in [0.2, 0.25) is 0 Å². The van der Waals surface area contributed by atoms with Crippen molar-refractivity contribution >= 4 is 45.0 Å². The second kappa shape index (κ2) is 14.9. The zero-order valence-corrected chi connectivity index (χ0v) is 29.0. The lowest BCUT2D eigenvalue weighted by atomic mass is 10.1. The molecule has 258 valence electrons. The van der Waals surface area contributed by atoms with Crippen molar-refractivity contribution in [2.75, 3.05) is 76.7 Å². The molecule has 3 aromatic carbocycles. The van der Waals surface area contributed by atoms with Crippen LogP contribution in [0, 0.1) is 5.82 Å². The Morgan fingerprint density at radius 1 is 0.940 bits per heavy atom. The molecule has 2 aromatic heterocycles. The van der Waals surface area contributed by atoms with Gasteiger partial charge in [0.05, 0.1) is 16.8 Å². The fourth-order valence-electron chi connectivity index (χ4n) is 6.23. The zero-order chi connectivity index (χ0) is 34.6. The Morgan fingerprint density at radius 3 is 2.48 bits per heavy atom. The Bertz CT molecular complexity index is 1960. The first-order valence-electron chi connectivity index (χ1n) is 16.8. The summed E-state index contributed by atoms with van der Waals surface area (Å²) >= 11 is 1.54. The summed E-state index contributed by atoms with van der Waals surface area (Å²) in [6.07, 6.45) is 1.65. The van der Waals surface area contributed by atoms with E-state index in [1.54, 1.807) is 29.7 Å². The van der Waals surface area contributed by atoms with Crippen LogP contribution in [0.3, 0.4) is 0 Å². The molecular formula is C38H40FN7O3S. The summed E-state index contributed by atoms with van der Waals surface area (Å²) < 4.78 is 22.1. The number of carbonyl (C=O) groups is 2. The summed E-state index contributed by atoms with van der Waals surface area (Å²) in [5.41, 5.74) is 4.03. The number of fused-ring (bicyclic) bond motifs is 1. The SMILES string of the molecule is CN1CCN(CCN(C)Cc2ccc(-c3cc4nccc(Oc5ccc(NC(=O)N6CCN(c7ccccc7)C6=O)cc5F)c4s3)cc2)CC1. The van der Waals surface area contributed by atoms with Gasteiger partial charge < -0.3 is 19.9 Å². The summed E-state index contributed by atoms with van der Waals surface area (Å²) in [7, 11) is 4.36. The number of imide groups is 1. The van der Waals surface area contributed by atoms with E-state index in [0.717, 1.165) is 71.4 Å². The number of benzene rings is 3. The number of halogens is 1. The molecule has 0 saturated carbocycles. The molecule has 4 amide bonds. The number of para-hydroxylation sites is 1. The molecule has 50 heavy (non-hydrogen) atoms. The predicted octanol–water partition coefficient (Wildman–Crippen LogP) is 7.05. The molecule has 0 aliphatic carbocycles. The highest BCUT2D eigenvalue weighted by atomic mass is 32.1. The molecule has 0 spiro atoms. The van der Waals surface area contributed by atoms with E-state index < -0.39 is 17.9 Å². The summed E-state index contributed by atoms with van der Waals surface area (Å²) in [5, 5.41) is 2.63. The van der Waals surface area contributed by atoms with Gasteiger partial charge in [-0.1, -0.05) is 42.5 Å². The van der Waals surface area contributed by atoms with Crippen LogP contribution >= 0.6 is 11.3 Å². The number of pyridine rings is 1. The van der Waals surface area contributed by atoms with E-state index in [1.165, 1.54) is 22.6 Å². The average molecular weight is 694 g/mol. The molecule has 2 saturated heterocycles. The Kier molecular flexibility index (Phi) is 10.0. The number of nitrogens with zero attached hydrogens (tertiary/aromatic N) is 6. The van der Waals surface area contributed by atoms with E-state index in [1.807, 2.05) is 36.4 Å².